The summed E-state index contributed by atoms with van der Waals surface area (Å²) in [4.78, 5) is 6.33. The molecule has 0 amide bonds. The van der Waals surface area contributed by atoms with Crippen molar-refractivity contribution in [2.45, 2.75) is 32.2 Å². The van der Waals surface area contributed by atoms with Crippen LogP contribution in [0.2, 0.25) is 0 Å². The minimum atomic E-state index is 0.575. The Morgan fingerprint density at radius 1 is 1.32 bits per heavy atom. The Kier molecular flexibility index (Phi) is 2.52. The normalized spacial score (nSPS) is 23.0. The number of aromatic amines is 1. The molecule has 1 aromatic heterocycles. The molecule has 98 valence electrons. The Hall–Kier alpha value is -1.54. The third-order valence-corrected chi connectivity index (χ3v) is 4.76. The van der Waals surface area contributed by atoms with Crippen molar-refractivity contribution < 1.29 is 0 Å². The SMILES string of the molecule is CCC1=CC[C@@H]2c3[nH]c4ccccc4c3CCN2C1. The molecule has 0 fully saturated rings. The van der Waals surface area contributed by atoms with E-state index < -0.39 is 0 Å². The van der Waals surface area contributed by atoms with Gasteiger partial charge in [0.25, 0.3) is 0 Å². The molecule has 2 aromatic rings. The van der Waals surface area contributed by atoms with Gasteiger partial charge in [0, 0.05) is 29.7 Å². The van der Waals surface area contributed by atoms with E-state index in [9.17, 15) is 0 Å². The smallest absolute Gasteiger partial charge is 0.0539 e. The largest absolute Gasteiger partial charge is 0.357 e. The lowest BCUT2D eigenvalue weighted by molar-refractivity contribution is 0.187. The monoisotopic (exact) mass is 252 g/mol. The molecule has 1 N–H and O–H groups in total. The first kappa shape index (κ1) is 11.3. The van der Waals surface area contributed by atoms with Gasteiger partial charge in [-0.2, -0.15) is 0 Å². The highest BCUT2D eigenvalue weighted by molar-refractivity contribution is 5.85. The molecule has 0 aliphatic carbocycles. The highest BCUT2D eigenvalue weighted by atomic mass is 15.2. The van der Waals surface area contributed by atoms with E-state index >= 15 is 0 Å². The molecule has 19 heavy (non-hydrogen) atoms. The highest BCUT2D eigenvalue weighted by Gasteiger charge is 2.31. The van der Waals surface area contributed by atoms with E-state index in [4.69, 9.17) is 0 Å². The summed E-state index contributed by atoms with van der Waals surface area (Å²) in [5.74, 6) is 0. The van der Waals surface area contributed by atoms with Crippen molar-refractivity contribution >= 4 is 10.9 Å². The topological polar surface area (TPSA) is 19.0 Å². The van der Waals surface area contributed by atoms with Gasteiger partial charge in [-0.25, -0.2) is 0 Å². The van der Waals surface area contributed by atoms with Gasteiger partial charge in [-0.05, 0) is 30.9 Å². The average molecular weight is 252 g/mol. The Morgan fingerprint density at radius 2 is 2.21 bits per heavy atom. The van der Waals surface area contributed by atoms with E-state index in [1.807, 2.05) is 0 Å². The van der Waals surface area contributed by atoms with Gasteiger partial charge in [-0.15, -0.1) is 0 Å². The summed E-state index contributed by atoms with van der Waals surface area (Å²) in [5.41, 5.74) is 5.94. The molecule has 0 saturated heterocycles. The van der Waals surface area contributed by atoms with Crippen molar-refractivity contribution in [1.82, 2.24) is 9.88 Å². The summed E-state index contributed by atoms with van der Waals surface area (Å²) in [6.07, 6.45) is 6.01. The zero-order valence-electron chi connectivity index (χ0n) is 11.4. The first-order chi connectivity index (χ1) is 9.36. The van der Waals surface area contributed by atoms with Crippen LogP contribution in [0.1, 0.15) is 37.1 Å². The molecule has 2 aliphatic heterocycles. The van der Waals surface area contributed by atoms with Crippen LogP contribution in [0.5, 0.6) is 0 Å². The molecule has 0 radical (unpaired) electrons. The van der Waals surface area contributed by atoms with Gasteiger partial charge in [-0.1, -0.05) is 36.8 Å². The molecule has 1 atom stereocenters. The fraction of sp³-hybridized carbons (Fsp3) is 0.412. The first-order valence-corrected chi connectivity index (χ1v) is 7.38. The maximum atomic E-state index is 3.68. The molecule has 2 aliphatic rings. The summed E-state index contributed by atoms with van der Waals surface area (Å²) in [7, 11) is 0. The van der Waals surface area contributed by atoms with Crippen LogP contribution in [0.4, 0.5) is 0 Å². The van der Waals surface area contributed by atoms with Crippen molar-refractivity contribution in [3.63, 3.8) is 0 Å². The van der Waals surface area contributed by atoms with E-state index in [2.05, 4.69) is 47.1 Å². The Balaban J connectivity index is 1.81. The molecular formula is C17H20N2. The minimum absolute atomic E-state index is 0.575. The van der Waals surface area contributed by atoms with Gasteiger partial charge < -0.3 is 4.98 Å². The van der Waals surface area contributed by atoms with Crippen LogP contribution in [0, 0.1) is 0 Å². The van der Waals surface area contributed by atoms with E-state index in [1.54, 1.807) is 11.1 Å². The van der Waals surface area contributed by atoms with Crippen molar-refractivity contribution in [2.24, 2.45) is 0 Å². The average Bonchev–Trinajstić information content (AvgIpc) is 2.85. The van der Waals surface area contributed by atoms with Gasteiger partial charge in [0.15, 0.2) is 0 Å². The number of aromatic nitrogens is 1. The van der Waals surface area contributed by atoms with Crippen LogP contribution < -0.4 is 0 Å². The summed E-state index contributed by atoms with van der Waals surface area (Å²) >= 11 is 0. The standard InChI is InChI=1S/C17H20N2/c1-2-12-7-8-16-17-14(9-10-19(16)11-12)13-5-3-4-6-15(13)18-17/h3-7,16,18H,2,8-11H2,1H3/t16-/m1/s1. The number of nitrogens with one attached hydrogen (secondary N) is 1. The van der Waals surface area contributed by atoms with Gasteiger partial charge in [-0.3, -0.25) is 4.90 Å². The Morgan fingerprint density at radius 3 is 3.11 bits per heavy atom. The van der Waals surface area contributed by atoms with Crippen molar-refractivity contribution in [1.29, 1.82) is 0 Å². The molecule has 0 saturated carbocycles. The summed E-state index contributed by atoms with van der Waals surface area (Å²) in [6.45, 7) is 4.64. The van der Waals surface area contributed by atoms with Crippen molar-refractivity contribution in [2.75, 3.05) is 13.1 Å². The second-order valence-corrected chi connectivity index (χ2v) is 5.75. The Labute approximate surface area is 114 Å². The van der Waals surface area contributed by atoms with Crippen LogP contribution in [0.15, 0.2) is 35.9 Å². The number of hydrogen-bond donors (Lipinski definition) is 1. The van der Waals surface area contributed by atoms with E-state index in [-0.39, 0.29) is 0 Å². The van der Waals surface area contributed by atoms with Gasteiger partial charge in [0.1, 0.15) is 0 Å². The van der Waals surface area contributed by atoms with Crippen LogP contribution in [-0.2, 0) is 6.42 Å². The van der Waals surface area contributed by atoms with E-state index in [1.165, 1.54) is 42.4 Å². The minimum Gasteiger partial charge on any atom is -0.357 e. The molecule has 2 heteroatoms. The fourth-order valence-corrected chi connectivity index (χ4v) is 3.68. The summed E-state index contributed by atoms with van der Waals surface area (Å²) < 4.78 is 0. The van der Waals surface area contributed by atoms with Crippen LogP contribution in [0.3, 0.4) is 0 Å². The first-order valence-electron chi connectivity index (χ1n) is 7.38. The zero-order chi connectivity index (χ0) is 12.8. The number of H-pyrrole nitrogens is 1. The fourth-order valence-electron chi connectivity index (χ4n) is 3.68. The van der Waals surface area contributed by atoms with Crippen LogP contribution in [0.25, 0.3) is 10.9 Å². The van der Waals surface area contributed by atoms with Crippen LogP contribution >= 0.6 is 0 Å². The van der Waals surface area contributed by atoms with Crippen molar-refractivity contribution in [3.05, 3.63) is 47.2 Å². The number of benzene rings is 1. The summed E-state index contributed by atoms with van der Waals surface area (Å²) in [6, 6.07) is 9.31. The second-order valence-electron chi connectivity index (χ2n) is 5.75. The predicted molar refractivity (Wildman–Crippen MR) is 79.3 cm³/mol. The quantitative estimate of drug-likeness (QED) is 0.765. The van der Waals surface area contributed by atoms with Gasteiger partial charge in [0.05, 0.1) is 6.04 Å². The Bertz CT molecular complexity index is 650. The highest BCUT2D eigenvalue weighted by Crippen LogP contribution is 2.38. The van der Waals surface area contributed by atoms with Crippen molar-refractivity contribution in [3.8, 4) is 0 Å². The number of fused-ring (bicyclic) bond motifs is 5. The third kappa shape index (κ3) is 1.67. The number of hydrogen-bond acceptors (Lipinski definition) is 1. The van der Waals surface area contributed by atoms with E-state index in [0.717, 1.165) is 6.54 Å². The second kappa shape index (κ2) is 4.24. The van der Waals surface area contributed by atoms with Gasteiger partial charge in [0.2, 0.25) is 0 Å². The maximum Gasteiger partial charge on any atom is 0.0539 e. The molecule has 4 rings (SSSR count). The molecule has 3 heterocycles. The van der Waals surface area contributed by atoms with Crippen LogP contribution in [-0.4, -0.2) is 23.0 Å². The third-order valence-electron chi connectivity index (χ3n) is 4.76. The molecule has 0 unspecified atom stereocenters. The molecule has 2 nitrogen and oxygen atoms in total. The number of nitrogens with zero attached hydrogens (tertiary/aromatic N) is 1. The predicted octanol–water partition coefficient (Wildman–Crippen LogP) is 3.81. The lowest BCUT2D eigenvalue weighted by Gasteiger charge is -2.38. The molecule has 0 bridgehead atoms. The summed E-state index contributed by atoms with van der Waals surface area (Å²) in [5, 5.41) is 1.43. The van der Waals surface area contributed by atoms with Gasteiger partial charge >= 0.3 is 0 Å². The maximum absolute atomic E-state index is 3.68. The molecular weight excluding hydrogens is 232 g/mol. The molecule has 1 aromatic carbocycles. The lowest BCUT2D eigenvalue weighted by Crippen LogP contribution is -2.38. The number of rotatable bonds is 1. The molecule has 0 spiro atoms. The zero-order valence-corrected chi connectivity index (χ0v) is 11.4. The lowest BCUT2D eigenvalue weighted by atomic mass is 9.91. The van der Waals surface area contributed by atoms with E-state index in [0.29, 0.717) is 6.04 Å². The number of para-hydroxylation sites is 1.